The van der Waals surface area contributed by atoms with Crippen molar-refractivity contribution < 1.29 is 4.21 Å². The molecule has 17 heavy (non-hydrogen) atoms. The van der Waals surface area contributed by atoms with Crippen LogP contribution in [0.1, 0.15) is 6.42 Å². The van der Waals surface area contributed by atoms with E-state index in [2.05, 4.69) is 20.3 Å². The highest BCUT2D eigenvalue weighted by atomic mass is 79.9. The molecule has 1 heterocycles. The van der Waals surface area contributed by atoms with E-state index in [1.54, 1.807) is 0 Å². The number of halogens is 1. The first-order valence-electron chi connectivity index (χ1n) is 5.58. The van der Waals surface area contributed by atoms with Crippen molar-refractivity contribution in [2.45, 2.75) is 6.42 Å². The van der Waals surface area contributed by atoms with Crippen molar-refractivity contribution in [3.63, 3.8) is 0 Å². The highest BCUT2D eigenvalue weighted by Crippen LogP contribution is 2.33. The first-order chi connectivity index (χ1) is 8.18. The van der Waals surface area contributed by atoms with Gasteiger partial charge in [-0.2, -0.15) is 4.36 Å². The van der Waals surface area contributed by atoms with Crippen LogP contribution in [0, 0.1) is 0 Å². The summed E-state index contributed by atoms with van der Waals surface area (Å²) in [5, 5.41) is 2.19. The molecule has 0 aliphatic carbocycles. The maximum atomic E-state index is 12.2. The second-order valence-electron chi connectivity index (χ2n) is 4.24. The van der Waals surface area contributed by atoms with E-state index < -0.39 is 9.73 Å². The van der Waals surface area contributed by atoms with Gasteiger partial charge in [0.15, 0.2) is 0 Å². The molecule has 3 rings (SSSR count). The van der Waals surface area contributed by atoms with Crippen molar-refractivity contribution >= 4 is 42.1 Å². The maximum absolute atomic E-state index is 12.2. The van der Waals surface area contributed by atoms with Gasteiger partial charge in [0.25, 0.3) is 0 Å². The summed E-state index contributed by atoms with van der Waals surface area (Å²) in [5.74, 6) is 1.49. The van der Waals surface area contributed by atoms with Gasteiger partial charge in [-0.3, -0.25) is 0 Å². The Morgan fingerprint density at radius 2 is 1.76 bits per heavy atom. The van der Waals surface area contributed by atoms with Crippen LogP contribution < -0.4 is 0 Å². The summed E-state index contributed by atoms with van der Waals surface area (Å²) in [6.07, 6.45) is 1.04. The van der Waals surface area contributed by atoms with Crippen LogP contribution in [0.5, 0.6) is 0 Å². The van der Waals surface area contributed by atoms with Crippen molar-refractivity contribution in [1.29, 1.82) is 0 Å². The quantitative estimate of drug-likeness (QED) is 0.779. The van der Waals surface area contributed by atoms with Crippen LogP contribution >= 0.6 is 15.9 Å². The summed E-state index contributed by atoms with van der Waals surface area (Å²) in [7, 11) is -1.94. The summed E-state index contributed by atoms with van der Waals surface area (Å²) in [5.41, 5.74) is 0.855. The van der Waals surface area contributed by atoms with Gasteiger partial charge in [-0.1, -0.05) is 40.2 Å². The molecule has 2 aromatic rings. The van der Waals surface area contributed by atoms with Gasteiger partial charge >= 0.3 is 0 Å². The zero-order chi connectivity index (χ0) is 11.9. The third-order valence-corrected chi connectivity index (χ3v) is 6.11. The Hall–Kier alpha value is -0.870. The molecule has 0 radical (unpaired) electrons. The highest BCUT2D eigenvalue weighted by Gasteiger charge is 2.19. The lowest BCUT2D eigenvalue weighted by molar-refractivity contribution is 0.663. The van der Waals surface area contributed by atoms with Crippen LogP contribution in [0.25, 0.3) is 10.8 Å². The third-order valence-electron chi connectivity index (χ3n) is 3.04. The van der Waals surface area contributed by atoms with Crippen LogP contribution in [0.2, 0.25) is 0 Å². The zero-order valence-corrected chi connectivity index (χ0v) is 11.6. The van der Waals surface area contributed by atoms with E-state index in [0.717, 1.165) is 38.9 Å². The van der Waals surface area contributed by atoms with E-state index in [-0.39, 0.29) is 0 Å². The molecule has 0 bridgehead atoms. The monoisotopic (exact) mass is 309 g/mol. The topological polar surface area (TPSA) is 29.4 Å². The van der Waals surface area contributed by atoms with Crippen molar-refractivity contribution in [2.75, 3.05) is 11.5 Å². The molecular weight excluding hydrogens is 298 g/mol. The average Bonchev–Trinajstić information content (AvgIpc) is 2.31. The Kier molecular flexibility index (Phi) is 2.71. The average molecular weight is 310 g/mol. The molecule has 1 aliphatic rings. The molecule has 4 heteroatoms. The SMILES string of the molecule is O=S1(=Nc2ccc(Br)c3ccccc23)CCC1. The second kappa shape index (κ2) is 4.10. The molecule has 0 atom stereocenters. The van der Waals surface area contributed by atoms with E-state index in [9.17, 15) is 4.21 Å². The molecule has 2 aromatic carbocycles. The summed E-state index contributed by atoms with van der Waals surface area (Å²) in [6, 6.07) is 12.0. The molecule has 1 aliphatic heterocycles. The summed E-state index contributed by atoms with van der Waals surface area (Å²) in [6.45, 7) is 0. The number of nitrogens with zero attached hydrogens (tertiary/aromatic N) is 1. The first-order valence-corrected chi connectivity index (χ1v) is 8.22. The Morgan fingerprint density at radius 1 is 1.06 bits per heavy atom. The minimum Gasteiger partial charge on any atom is -0.249 e. The number of fused-ring (bicyclic) bond motifs is 1. The van der Waals surface area contributed by atoms with Gasteiger partial charge in [0.1, 0.15) is 0 Å². The zero-order valence-electron chi connectivity index (χ0n) is 9.23. The molecule has 1 fully saturated rings. The molecule has 0 aromatic heterocycles. The van der Waals surface area contributed by atoms with Gasteiger partial charge in [-0.15, -0.1) is 0 Å². The van der Waals surface area contributed by atoms with Crippen LogP contribution in [-0.4, -0.2) is 15.7 Å². The highest BCUT2D eigenvalue weighted by molar-refractivity contribution is 9.10. The molecule has 0 amide bonds. The van der Waals surface area contributed by atoms with E-state index in [1.165, 1.54) is 0 Å². The van der Waals surface area contributed by atoms with Crippen LogP contribution in [-0.2, 0) is 9.73 Å². The summed E-state index contributed by atoms with van der Waals surface area (Å²) < 4.78 is 17.7. The molecule has 1 saturated heterocycles. The van der Waals surface area contributed by atoms with E-state index >= 15 is 0 Å². The van der Waals surface area contributed by atoms with E-state index in [0.29, 0.717) is 0 Å². The first kappa shape index (κ1) is 11.2. The largest absolute Gasteiger partial charge is 0.249 e. The predicted octanol–water partition coefficient (Wildman–Crippen LogP) is 4.11. The van der Waals surface area contributed by atoms with Gasteiger partial charge in [0.05, 0.1) is 15.4 Å². The van der Waals surface area contributed by atoms with Gasteiger partial charge in [0, 0.05) is 21.4 Å². The smallest absolute Gasteiger partial charge is 0.0809 e. The molecule has 0 spiro atoms. The molecule has 2 nitrogen and oxygen atoms in total. The Balaban J connectivity index is 2.28. The number of hydrogen-bond donors (Lipinski definition) is 0. The standard InChI is InChI=1S/C13H12BrNOS/c14-12-6-7-13(15-17(16)8-3-9-17)11-5-2-1-4-10(11)12/h1-2,4-7H,3,8-9H2. The lowest BCUT2D eigenvalue weighted by atomic mass is 10.1. The summed E-state index contributed by atoms with van der Waals surface area (Å²) in [4.78, 5) is 0. The van der Waals surface area contributed by atoms with Gasteiger partial charge in [-0.05, 0) is 23.9 Å². The Bertz CT molecular complexity index is 692. The Morgan fingerprint density at radius 3 is 2.41 bits per heavy atom. The fourth-order valence-electron chi connectivity index (χ4n) is 1.99. The third kappa shape index (κ3) is 2.00. The number of hydrogen-bond acceptors (Lipinski definition) is 2. The minimum absolute atomic E-state index is 0.747. The lowest BCUT2D eigenvalue weighted by Gasteiger charge is -2.18. The number of rotatable bonds is 1. The molecule has 0 N–H and O–H groups in total. The van der Waals surface area contributed by atoms with Gasteiger partial charge in [0.2, 0.25) is 0 Å². The molecular formula is C13H12BrNOS. The second-order valence-corrected chi connectivity index (χ2v) is 7.64. The van der Waals surface area contributed by atoms with Crippen molar-refractivity contribution in [3.8, 4) is 0 Å². The fourth-order valence-corrected chi connectivity index (χ4v) is 3.95. The van der Waals surface area contributed by atoms with Crippen molar-refractivity contribution in [2.24, 2.45) is 4.36 Å². The Labute approximate surface area is 109 Å². The van der Waals surface area contributed by atoms with Crippen LogP contribution in [0.3, 0.4) is 0 Å². The van der Waals surface area contributed by atoms with E-state index in [4.69, 9.17) is 0 Å². The normalized spacial score (nSPS) is 17.7. The lowest BCUT2D eigenvalue weighted by Crippen LogP contribution is -2.22. The van der Waals surface area contributed by atoms with Gasteiger partial charge < -0.3 is 0 Å². The number of benzene rings is 2. The van der Waals surface area contributed by atoms with Crippen LogP contribution in [0.4, 0.5) is 5.69 Å². The van der Waals surface area contributed by atoms with Crippen molar-refractivity contribution in [1.82, 2.24) is 0 Å². The molecule has 0 saturated carbocycles. The molecule has 88 valence electrons. The summed E-state index contributed by atoms with van der Waals surface area (Å²) >= 11 is 3.53. The fraction of sp³-hybridized carbons (Fsp3) is 0.231. The van der Waals surface area contributed by atoms with Crippen molar-refractivity contribution in [3.05, 3.63) is 40.9 Å². The van der Waals surface area contributed by atoms with Crippen LogP contribution in [0.15, 0.2) is 45.2 Å². The predicted molar refractivity (Wildman–Crippen MR) is 76.2 cm³/mol. The van der Waals surface area contributed by atoms with E-state index in [1.807, 2.05) is 36.4 Å². The molecule has 0 unspecified atom stereocenters. The minimum atomic E-state index is -1.94. The maximum Gasteiger partial charge on any atom is 0.0809 e. The van der Waals surface area contributed by atoms with Gasteiger partial charge in [-0.25, -0.2) is 4.21 Å².